The third kappa shape index (κ3) is 30.7. The van der Waals surface area contributed by atoms with E-state index in [-0.39, 0.29) is 6.42 Å². The van der Waals surface area contributed by atoms with Gasteiger partial charge in [0.15, 0.2) is 0 Å². The lowest BCUT2D eigenvalue weighted by Gasteiger charge is -2.23. The van der Waals surface area contributed by atoms with Crippen LogP contribution in [-0.2, 0) is 9.59 Å². The predicted molar refractivity (Wildman–Crippen MR) is 50.5 cm³/mol. The molecule has 0 heterocycles. The summed E-state index contributed by atoms with van der Waals surface area (Å²) >= 11 is 0. The summed E-state index contributed by atoms with van der Waals surface area (Å²) in [6.07, 6.45) is 1.05. The summed E-state index contributed by atoms with van der Waals surface area (Å²) in [5.74, 6) is -1.78. The maximum Gasteiger partial charge on any atom is 0.303 e. The van der Waals surface area contributed by atoms with E-state index in [0.717, 1.165) is 24.4 Å². The van der Waals surface area contributed by atoms with Crippen LogP contribution in [0.3, 0.4) is 0 Å². The quantitative estimate of drug-likeness (QED) is 0.616. The zero-order valence-corrected chi connectivity index (χ0v) is 9.24. The van der Waals surface area contributed by atoms with E-state index in [1.807, 2.05) is 0 Å². The summed E-state index contributed by atoms with van der Waals surface area (Å²) in [5, 5.41) is 17.2. The number of carbonyl (C=O) groups excluding carboxylic acids is 1. The van der Waals surface area contributed by atoms with Crippen LogP contribution in [0.2, 0.25) is 0 Å². The fourth-order valence-corrected chi connectivity index (χ4v) is 0.705. The highest BCUT2D eigenvalue weighted by Gasteiger charge is 2.07. The molecule has 84 valence electrons. The van der Waals surface area contributed by atoms with Gasteiger partial charge in [-0.2, -0.15) is 0 Å². The Bertz CT molecular complexity index is 180. The molecule has 0 atom stereocenters. The fraction of sp³-hybridized carbons (Fsp3) is 0.778. The summed E-state index contributed by atoms with van der Waals surface area (Å²) in [6, 6.07) is 0. The molecule has 0 aliphatic carbocycles. The number of carboxylic acids is 2. The van der Waals surface area contributed by atoms with Crippen molar-refractivity contribution in [1.29, 1.82) is 0 Å². The van der Waals surface area contributed by atoms with Gasteiger partial charge in [0.1, 0.15) is 0 Å². The molecule has 14 heavy (non-hydrogen) atoms. The van der Waals surface area contributed by atoms with Gasteiger partial charge in [-0.05, 0) is 6.92 Å². The first-order valence-electron chi connectivity index (χ1n) is 4.35. The van der Waals surface area contributed by atoms with Crippen LogP contribution in [0.15, 0.2) is 0 Å². The van der Waals surface area contributed by atoms with Gasteiger partial charge in [-0.1, -0.05) is 0 Å². The minimum atomic E-state index is -1.08. The first-order chi connectivity index (χ1) is 6.15. The van der Waals surface area contributed by atoms with E-state index in [1.165, 1.54) is 0 Å². The summed E-state index contributed by atoms with van der Waals surface area (Å²) in [7, 11) is 6.17. The fourth-order valence-electron chi connectivity index (χ4n) is 0.705. The lowest BCUT2D eigenvalue weighted by atomic mass is 10.3. The van der Waals surface area contributed by atoms with Gasteiger partial charge in [-0.3, -0.25) is 4.79 Å². The van der Waals surface area contributed by atoms with Crippen LogP contribution in [0, 0.1) is 0 Å². The second kappa shape index (κ2) is 7.32. The SMILES string of the molecule is CC(=O)[O-].C[N+](C)(C)CCCC(=O)O. The second-order valence-corrected chi connectivity index (χ2v) is 4.00. The number of aliphatic carboxylic acids is 2. The first-order valence-corrected chi connectivity index (χ1v) is 4.35. The molecule has 0 amide bonds. The average molecular weight is 205 g/mol. The Morgan fingerprint density at radius 1 is 1.29 bits per heavy atom. The third-order valence-electron chi connectivity index (χ3n) is 1.22. The molecule has 0 unspecified atom stereocenters. The maximum absolute atomic E-state index is 10.1. The van der Waals surface area contributed by atoms with Gasteiger partial charge in [0.25, 0.3) is 0 Å². The molecule has 5 heteroatoms. The zero-order chi connectivity index (χ0) is 11.8. The summed E-state index contributed by atoms with van der Waals surface area (Å²) < 4.78 is 0.841. The van der Waals surface area contributed by atoms with Crippen molar-refractivity contribution >= 4 is 11.9 Å². The summed E-state index contributed by atoms with van der Waals surface area (Å²) in [4.78, 5) is 19.0. The second-order valence-electron chi connectivity index (χ2n) is 4.00. The first kappa shape index (κ1) is 15.4. The predicted octanol–water partition coefficient (Wildman–Crippen LogP) is -0.686. The minimum Gasteiger partial charge on any atom is -0.550 e. The van der Waals surface area contributed by atoms with Crippen molar-refractivity contribution in [3.63, 3.8) is 0 Å². The Morgan fingerprint density at radius 3 is 1.86 bits per heavy atom. The molecule has 0 saturated heterocycles. The van der Waals surface area contributed by atoms with Gasteiger partial charge in [-0.25, -0.2) is 0 Å². The number of carboxylic acid groups (broad SMARTS) is 2. The van der Waals surface area contributed by atoms with Gasteiger partial charge in [0, 0.05) is 12.4 Å². The van der Waals surface area contributed by atoms with Gasteiger partial charge < -0.3 is 19.5 Å². The number of quaternary nitrogens is 1. The van der Waals surface area contributed by atoms with Crippen molar-refractivity contribution in [1.82, 2.24) is 0 Å². The highest BCUT2D eigenvalue weighted by atomic mass is 16.4. The molecule has 0 rings (SSSR count). The average Bonchev–Trinajstić information content (AvgIpc) is 1.80. The summed E-state index contributed by atoms with van der Waals surface area (Å²) in [6.45, 7) is 1.90. The Morgan fingerprint density at radius 2 is 1.64 bits per heavy atom. The van der Waals surface area contributed by atoms with Crippen LogP contribution in [0.5, 0.6) is 0 Å². The Labute approximate surface area is 84.5 Å². The van der Waals surface area contributed by atoms with Crippen LogP contribution < -0.4 is 5.11 Å². The zero-order valence-electron chi connectivity index (χ0n) is 9.24. The van der Waals surface area contributed by atoms with Crippen LogP contribution in [0.1, 0.15) is 19.8 Å². The van der Waals surface area contributed by atoms with E-state index < -0.39 is 11.9 Å². The van der Waals surface area contributed by atoms with Gasteiger partial charge in [0.05, 0.1) is 34.1 Å². The lowest BCUT2D eigenvalue weighted by molar-refractivity contribution is -0.870. The molecule has 0 aromatic rings. The van der Waals surface area contributed by atoms with Crippen LogP contribution in [-0.4, -0.2) is 49.2 Å². The molecule has 0 fully saturated rings. The van der Waals surface area contributed by atoms with Crippen molar-refractivity contribution in [2.75, 3.05) is 27.7 Å². The molecule has 0 aromatic carbocycles. The van der Waals surface area contributed by atoms with E-state index >= 15 is 0 Å². The lowest BCUT2D eigenvalue weighted by Crippen LogP contribution is -2.35. The topological polar surface area (TPSA) is 77.4 Å². The molecule has 0 aliphatic rings. The third-order valence-corrected chi connectivity index (χ3v) is 1.22. The van der Waals surface area contributed by atoms with Gasteiger partial charge in [-0.15, -0.1) is 0 Å². The van der Waals surface area contributed by atoms with Gasteiger partial charge in [0.2, 0.25) is 0 Å². The van der Waals surface area contributed by atoms with Crippen LogP contribution >= 0.6 is 0 Å². The molecule has 5 nitrogen and oxygen atoms in total. The molecule has 1 N–H and O–H groups in total. The Kier molecular flexibility index (Phi) is 8.04. The number of hydrogen-bond donors (Lipinski definition) is 1. The smallest absolute Gasteiger partial charge is 0.303 e. The normalized spacial score (nSPS) is 10.0. The largest absolute Gasteiger partial charge is 0.550 e. The molecular formula is C9H19NO4. The van der Waals surface area contributed by atoms with Crippen molar-refractivity contribution in [3.05, 3.63) is 0 Å². The maximum atomic E-state index is 10.1. The molecule has 0 saturated carbocycles. The molecule has 0 aliphatic heterocycles. The molecule has 0 bridgehead atoms. The van der Waals surface area contributed by atoms with Crippen LogP contribution in [0.4, 0.5) is 0 Å². The monoisotopic (exact) mass is 205 g/mol. The molecule has 0 aromatic heterocycles. The molecular weight excluding hydrogens is 186 g/mol. The molecule has 0 radical (unpaired) electrons. The number of hydrogen-bond acceptors (Lipinski definition) is 3. The Hall–Kier alpha value is -1.10. The number of nitrogens with zero attached hydrogens (tertiary/aromatic N) is 1. The Balaban J connectivity index is 0. The van der Waals surface area contributed by atoms with Crippen molar-refractivity contribution in [2.24, 2.45) is 0 Å². The van der Waals surface area contributed by atoms with E-state index in [2.05, 4.69) is 21.1 Å². The van der Waals surface area contributed by atoms with Gasteiger partial charge >= 0.3 is 5.97 Å². The number of carbonyl (C=O) groups is 2. The van der Waals surface area contributed by atoms with E-state index in [4.69, 9.17) is 15.0 Å². The van der Waals surface area contributed by atoms with E-state index in [1.54, 1.807) is 0 Å². The minimum absolute atomic E-state index is 0.287. The van der Waals surface area contributed by atoms with Crippen molar-refractivity contribution < 1.29 is 24.3 Å². The molecule has 0 spiro atoms. The number of rotatable bonds is 4. The van der Waals surface area contributed by atoms with Crippen molar-refractivity contribution in [3.8, 4) is 0 Å². The highest BCUT2D eigenvalue weighted by Crippen LogP contribution is 1.96. The highest BCUT2D eigenvalue weighted by molar-refractivity contribution is 5.66. The summed E-state index contributed by atoms with van der Waals surface area (Å²) in [5.41, 5.74) is 0. The van der Waals surface area contributed by atoms with E-state index in [9.17, 15) is 4.79 Å². The van der Waals surface area contributed by atoms with E-state index in [0.29, 0.717) is 0 Å². The van der Waals surface area contributed by atoms with Crippen LogP contribution in [0.25, 0.3) is 0 Å². The van der Waals surface area contributed by atoms with Crippen molar-refractivity contribution in [2.45, 2.75) is 19.8 Å². The standard InChI is InChI=1S/C7H15NO2.C2H4O2/c1-8(2,3)6-4-5-7(9)10;1-2(3)4/h4-6H2,1-3H3;1H3,(H,3,4).